The van der Waals surface area contributed by atoms with Crippen molar-refractivity contribution in [3.8, 4) is 23.3 Å². The Bertz CT molecular complexity index is 1360. The number of aromatic nitrogens is 1. The van der Waals surface area contributed by atoms with Gasteiger partial charge in [0.2, 0.25) is 6.10 Å². The number of hydrogen-bond acceptors (Lipinski definition) is 9. The van der Waals surface area contributed by atoms with Crippen molar-refractivity contribution in [1.82, 2.24) is 9.29 Å². The summed E-state index contributed by atoms with van der Waals surface area (Å²) >= 11 is 2.91. The molecule has 1 N–H and O–H groups in total. The van der Waals surface area contributed by atoms with Gasteiger partial charge in [0.1, 0.15) is 5.75 Å². The monoisotopic (exact) mass is 520 g/mol. The van der Waals surface area contributed by atoms with Crippen LogP contribution in [0.1, 0.15) is 17.2 Å². The summed E-state index contributed by atoms with van der Waals surface area (Å²) in [6.45, 7) is 0. The minimum Gasteiger partial charge on any atom is -0.493 e. The van der Waals surface area contributed by atoms with Crippen LogP contribution in [0, 0.1) is 11.3 Å². The first-order chi connectivity index (χ1) is 17.4. The average Bonchev–Trinajstić information content (AvgIpc) is 3.27. The lowest BCUT2D eigenvalue weighted by atomic mass is 10.1. The van der Waals surface area contributed by atoms with Crippen LogP contribution in [0.3, 0.4) is 0 Å². The summed E-state index contributed by atoms with van der Waals surface area (Å²) in [7, 11) is 7.06. The Kier molecular flexibility index (Phi) is 7.95. The number of nitrogens with zero attached hydrogens (tertiary/aromatic N) is 3. The van der Waals surface area contributed by atoms with Crippen LogP contribution in [0.5, 0.6) is 17.2 Å². The van der Waals surface area contributed by atoms with Crippen LogP contribution in [0.25, 0.3) is 10.2 Å². The van der Waals surface area contributed by atoms with Gasteiger partial charge in [0.25, 0.3) is 5.91 Å². The number of thiazole rings is 1. The summed E-state index contributed by atoms with van der Waals surface area (Å²) in [5.74, 6) is 1.25. The normalized spacial score (nSPS) is 11.7. The highest BCUT2D eigenvalue weighted by Crippen LogP contribution is 2.36. The average molecular weight is 521 g/mol. The lowest BCUT2D eigenvalue weighted by Crippen LogP contribution is -2.25. The second-order valence-corrected chi connectivity index (χ2v) is 10.2. The summed E-state index contributed by atoms with van der Waals surface area (Å²) in [5.41, 5.74) is 1.88. The van der Waals surface area contributed by atoms with Gasteiger partial charge >= 0.3 is 0 Å². The van der Waals surface area contributed by atoms with Gasteiger partial charge in [0.15, 0.2) is 16.6 Å². The number of anilines is 1. The van der Waals surface area contributed by atoms with Crippen LogP contribution in [-0.2, 0) is 4.79 Å². The topological polar surface area (TPSA) is 96.7 Å². The highest BCUT2D eigenvalue weighted by molar-refractivity contribution is 7.97. The second-order valence-electron chi connectivity index (χ2n) is 7.79. The number of carbonyl (C=O) groups is 1. The predicted molar refractivity (Wildman–Crippen MR) is 142 cm³/mol. The van der Waals surface area contributed by atoms with E-state index in [1.807, 2.05) is 48.7 Å². The molecular weight excluding hydrogens is 496 g/mol. The Morgan fingerprint density at radius 3 is 2.33 bits per heavy atom. The molecule has 1 atom stereocenters. The van der Waals surface area contributed by atoms with E-state index in [2.05, 4.69) is 16.4 Å². The lowest BCUT2D eigenvalue weighted by Gasteiger charge is -2.19. The molecular formula is C26H24N4O4S2. The molecule has 10 heteroatoms. The standard InChI is InChI=1S/C26H24N4O4S2/c1-30(2)36-19-11-7-17(8-12-19)24(34-18-9-5-16(15-27)6-10-18)25(31)29-26-28-20-13-21(32-3)22(33-4)14-23(20)35-26/h5-14,24H,1-4H3,(H,28,29,31). The van der Waals surface area contributed by atoms with Gasteiger partial charge in [-0.3, -0.25) is 14.4 Å². The molecule has 0 fully saturated rings. The molecule has 0 saturated heterocycles. The molecule has 0 aliphatic carbocycles. The molecule has 1 aromatic heterocycles. The van der Waals surface area contributed by atoms with Gasteiger partial charge in [-0.05, 0) is 62.4 Å². The minimum atomic E-state index is -0.938. The number of benzene rings is 3. The van der Waals surface area contributed by atoms with E-state index in [1.165, 1.54) is 11.3 Å². The van der Waals surface area contributed by atoms with Crippen molar-refractivity contribution in [2.45, 2.75) is 11.0 Å². The van der Waals surface area contributed by atoms with Gasteiger partial charge in [0.05, 0.1) is 36.1 Å². The van der Waals surface area contributed by atoms with Crippen molar-refractivity contribution in [2.24, 2.45) is 0 Å². The Hall–Kier alpha value is -3.78. The Balaban J connectivity index is 1.62. The first-order valence-corrected chi connectivity index (χ1v) is 12.4. The molecule has 0 saturated carbocycles. The number of fused-ring (bicyclic) bond motifs is 1. The van der Waals surface area contributed by atoms with Gasteiger partial charge in [-0.25, -0.2) is 4.98 Å². The van der Waals surface area contributed by atoms with E-state index < -0.39 is 6.10 Å². The van der Waals surface area contributed by atoms with Crippen molar-refractivity contribution in [1.29, 1.82) is 5.26 Å². The van der Waals surface area contributed by atoms with Crippen LogP contribution >= 0.6 is 23.3 Å². The van der Waals surface area contributed by atoms with Gasteiger partial charge in [-0.2, -0.15) is 5.26 Å². The summed E-state index contributed by atoms with van der Waals surface area (Å²) in [6.07, 6.45) is -0.938. The molecule has 0 spiro atoms. The molecule has 0 aliphatic rings. The van der Waals surface area contributed by atoms with Crippen molar-refractivity contribution in [2.75, 3.05) is 33.6 Å². The minimum absolute atomic E-state index is 0.370. The van der Waals surface area contributed by atoms with E-state index in [4.69, 9.17) is 19.5 Å². The third kappa shape index (κ3) is 5.88. The zero-order valence-electron chi connectivity index (χ0n) is 20.1. The van der Waals surface area contributed by atoms with Crippen LogP contribution in [0.15, 0.2) is 65.6 Å². The molecule has 1 heterocycles. The molecule has 0 aliphatic heterocycles. The quantitative estimate of drug-likeness (QED) is 0.289. The summed E-state index contributed by atoms with van der Waals surface area (Å²) in [6, 6.07) is 19.9. The predicted octanol–water partition coefficient (Wildman–Crippen LogP) is 5.51. The molecule has 0 radical (unpaired) electrons. The second kappa shape index (κ2) is 11.3. The van der Waals surface area contributed by atoms with E-state index in [-0.39, 0.29) is 5.91 Å². The molecule has 4 aromatic rings. The van der Waals surface area contributed by atoms with Crippen molar-refractivity contribution < 1.29 is 19.0 Å². The Morgan fingerprint density at radius 1 is 1.06 bits per heavy atom. The number of ether oxygens (including phenoxy) is 3. The van der Waals surface area contributed by atoms with Gasteiger partial charge in [-0.1, -0.05) is 23.5 Å². The zero-order valence-corrected chi connectivity index (χ0v) is 21.8. The Labute approximate surface area is 217 Å². The van der Waals surface area contributed by atoms with E-state index in [1.54, 1.807) is 56.5 Å². The van der Waals surface area contributed by atoms with Crippen LogP contribution in [0.2, 0.25) is 0 Å². The fourth-order valence-electron chi connectivity index (χ4n) is 3.41. The van der Waals surface area contributed by atoms with Crippen molar-refractivity contribution in [3.63, 3.8) is 0 Å². The number of methoxy groups -OCH3 is 2. The molecule has 4 rings (SSSR count). The zero-order chi connectivity index (χ0) is 25.7. The van der Waals surface area contributed by atoms with Crippen LogP contribution in [-0.4, -0.2) is 43.5 Å². The fourth-order valence-corrected chi connectivity index (χ4v) is 4.97. The fraction of sp³-hybridized carbons (Fsp3) is 0.192. The number of nitrogens with one attached hydrogen (secondary N) is 1. The third-order valence-corrected chi connectivity index (χ3v) is 6.85. The maximum Gasteiger partial charge on any atom is 0.271 e. The largest absolute Gasteiger partial charge is 0.493 e. The molecule has 1 unspecified atom stereocenters. The Morgan fingerprint density at radius 2 is 1.72 bits per heavy atom. The maximum atomic E-state index is 13.4. The highest BCUT2D eigenvalue weighted by atomic mass is 32.2. The molecule has 8 nitrogen and oxygen atoms in total. The van der Waals surface area contributed by atoms with Crippen LogP contribution in [0.4, 0.5) is 5.13 Å². The van der Waals surface area contributed by atoms with E-state index in [9.17, 15) is 4.79 Å². The van der Waals surface area contributed by atoms with E-state index in [0.717, 1.165) is 9.60 Å². The SMILES string of the molecule is COc1cc2nc(NC(=O)C(Oc3ccc(C#N)cc3)c3ccc(SN(C)C)cc3)sc2cc1OC. The van der Waals surface area contributed by atoms with Crippen LogP contribution < -0.4 is 19.5 Å². The first-order valence-electron chi connectivity index (χ1n) is 10.9. The summed E-state index contributed by atoms with van der Waals surface area (Å²) in [5, 5.41) is 12.4. The van der Waals surface area contributed by atoms with Crippen molar-refractivity contribution in [3.05, 3.63) is 71.8 Å². The number of carbonyl (C=O) groups excluding carboxylic acids is 1. The molecule has 184 valence electrons. The lowest BCUT2D eigenvalue weighted by molar-refractivity contribution is -0.123. The molecule has 1 amide bonds. The maximum absolute atomic E-state index is 13.4. The van der Waals surface area contributed by atoms with E-state index in [0.29, 0.717) is 39.0 Å². The summed E-state index contributed by atoms with van der Waals surface area (Å²) in [4.78, 5) is 19.0. The van der Waals surface area contributed by atoms with Gasteiger partial charge in [-0.15, -0.1) is 0 Å². The smallest absolute Gasteiger partial charge is 0.271 e. The third-order valence-electron chi connectivity index (χ3n) is 5.07. The summed E-state index contributed by atoms with van der Waals surface area (Å²) < 4.78 is 19.7. The van der Waals surface area contributed by atoms with Gasteiger partial charge in [0, 0.05) is 22.6 Å². The van der Waals surface area contributed by atoms with Gasteiger partial charge < -0.3 is 14.2 Å². The number of nitriles is 1. The van der Waals surface area contributed by atoms with Crippen molar-refractivity contribution >= 4 is 44.5 Å². The number of amides is 1. The van der Waals surface area contributed by atoms with E-state index >= 15 is 0 Å². The highest BCUT2D eigenvalue weighted by Gasteiger charge is 2.25. The molecule has 0 bridgehead atoms. The molecule has 36 heavy (non-hydrogen) atoms. The number of hydrogen-bond donors (Lipinski definition) is 1. The first kappa shape index (κ1) is 25.3. The number of rotatable bonds is 9. The molecule has 3 aromatic carbocycles.